The average molecular weight is 376 g/mol. The Morgan fingerprint density at radius 3 is 2.41 bits per heavy atom. The van der Waals surface area contributed by atoms with Gasteiger partial charge in [0.15, 0.2) is 11.6 Å². The number of imide groups is 1. The number of nitrogens with zero attached hydrogens (tertiary/aromatic N) is 1. The highest BCUT2D eigenvalue weighted by Crippen LogP contribution is 2.30. The van der Waals surface area contributed by atoms with Crippen molar-refractivity contribution in [3.8, 4) is 5.75 Å². The number of benzene rings is 2. The third-order valence-electron chi connectivity index (χ3n) is 4.35. The van der Waals surface area contributed by atoms with Crippen LogP contribution in [0.2, 0.25) is 0 Å². The molecule has 8 heteroatoms. The van der Waals surface area contributed by atoms with Crippen LogP contribution in [-0.4, -0.2) is 41.2 Å². The Morgan fingerprint density at radius 2 is 1.74 bits per heavy atom. The molecule has 1 saturated heterocycles. The molecule has 0 unspecified atom stereocenters. The number of carbonyl (C=O) groups is 2. The molecule has 1 aliphatic rings. The van der Waals surface area contributed by atoms with Gasteiger partial charge in [0.05, 0.1) is 6.54 Å². The second-order valence-electron chi connectivity index (χ2n) is 6.35. The van der Waals surface area contributed by atoms with Crippen LogP contribution in [0.4, 0.5) is 13.6 Å². The number of nitrogens with one attached hydrogen (secondary N) is 1. The summed E-state index contributed by atoms with van der Waals surface area (Å²) in [6.07, 6.45) is -1.25. The van der Waals surface area contributed by atoms with Gasteiger partial charge in [-0.05, 0) is 25.1 Å². The lowest BCUT2D eigenvalue weighted by atomic mass is 9.91. The summed E-state index contributed by atoms with van der Waals surface area (Å²) in [6.45, 7) is 0.700. The SMILES string of the molecule is C[C@]1(c2ccccc2F)NC(=O)N(C[C@H](O)COc2ccccc2F)C1=O. The summed E-state index contributed by atoms with van der Waals surface area (Å²) in [5.41, 5.74) is -1.54. The van der Waals surface area contributed by atoms with Crippen molar-refractivity contribution in [2.75, 3.05) is 13.2 Å². The second-order valence-corrected chi connectivity index (χ2v) is 6.35. The molecule has 1 heterocycles. The number of urea groups is 1. The van der Waals surface area contributed by atoms with E-state index >= 15 is 0 Å². The number of β-amino-alcohol motifs (C(OH)–C–C–N with tert-alkyl or cyclic N) is 1. The largest absolute Gasteiger partial charge is 0.488 e. The number of hydrogen-bond acceptors (Lipinski definition) is 4. The standard InChI is InChI=1S/C19H18F2N2O4/c1-19(13-6-2-3-7-14(13)20)17(25)23(18(26)22-19)10-12(24)11-27-16-9-5-4-8-15(16)21/h2-9,12,24H,10-11H2,1H3,(H,22,26)/t12-,19+/m0/s1. The maximum absolute atomic E-state index is 14.1. The van der Waals surface area contributed by atoms with Crippen LogP contribution in [0, 0.1) is 11.6 Å². The predicted molar refractivity (Wildman–Crippen MR) is 91.9 cm³/mol. The van der Waals surface area contributed by atoms with Gasteiger partial charge in [-0.15, -0.1) is 0 Å². The highest BCUT2D eigenvalue weighted by atomic mass is 19.1. The van der Waals surface area contributed by atoms with Crippen molar-refractivity contribution in [3.63, 3.8) is 0 Å². The fourth-order valence-corrected chi connectivity index (χ4v) is 2.92. The van der Waals surface area contributed by atoms with Gasteiger partial charge >= 0.3 is 6.03 Å². The van der Waals surface area contributed by atoms with Crippen LogP contribution in [0.3, 0.4) is 0 Å². The summed E-state index contributed by atoms with van der Waals surface area (Å²) >= 11 is 0. The Kier molecular flexibility index (Phi) is 5.09. The number of carbonyl (C=O) groups excluding carboxylic acids is 2. The molecule has 0 saturated carbocycles. The molecule has 0 aliphatic carbocycles. The predicted octanol–water partition coefficient (Wildman–Crippen LogP) is 2.17. The zero-order chi connectivity index (χ0) is 19.6. The Bertz CT molecular complexity index is 876. The van der Waals surface area contributed by atoms with E-state index in [0.29, 0.717) is 0 Å². The molecule has 2 atom stereocenters. The molecule has 1 fully saturated rings. The van der Waals surface area contributed by atoms with E-state index in [1.165, 1.54) is 43.3 Å². The summed E-state index contributed by atoms with van der Waals surface area (Å²) < 4.78 is 32.8. The zero-order valence-corrected chi connectivity index (χ0v) is 14.5. The van der Waals surface area contributed by atoms with Crippen molar-refractivity contribution in [1.82, 2.24) is 10.2 Å². The monoisotopic (exact) mass is 376 g/mol. The van der Waals surface area contributed by atoms with E-state index in [-0.39, 0.29) is 24.5 Å². The van der Waals surface area contributed by atoms with Crippen molar-refractivity contribution >= 4 is 11.9 Å². The molecule has 0 radical (unpaired) electrons. The van der Waals surface area contributed by atoms with E-state index in [4.69, 9.17) is 4.74 Å². The Morgan fingerprint density at radius 1 is 1.11 bits per heavy atom. The van der Waals surface area contributed by atoms with Crippen LogP contribution < -0.4 is 10.1 Å². The number of halogens is 2. The summed E-state index contributed by atoms with van der Waals surface area (Å²) in [6, 6.07) is 10.6. The van der Waals surface area contributed by atoms with Gasteiger partial charge in [0, 0.05) is 5.56 Å². The molecule has 27 heavy (non-hydrogen) atoms. The molecular weight excluding hydrogens is 358 g/mol. The molecule has 3 rings (SSSR count). The molecule has 2 N–H and O–H groups in total. The molecule has 142 valence electrons. The number of ether oxygens (including phenoxy) is 1. The van der Waals surface area contributed by atoms with Gasteiger partial charge in [-0.2, -0.15) is 0 Å². The first kappa shape index (κ1) is 18.8. The molecule has 0 bridgehead atoms. The number of para-hydroxylation sites is 1. The first-order valence-corrected chi connectivity index (χ1v) is 8.27. The highest BCUT2D eigenvalue weighted by molar-refractivity contribution is 6.07. The molecule has 3 amide bonds. The molecule has 2 aromatic rings. The molecule has 2 aromatic carbocycles. The highest BCUT2D eigenvalue weighted by Gasteiger charge is 2.50. The van der Waals surface area contributed by atoms with E-state index in [1.807, 2.05) is 0 Å². The van der Waals surface area contributed by atoms with Crippen molar-refractivity contribution < 1.29 is 28.2 Å². The number of aliphatic hydroxyl groups excluding tert-OH is 1. The second kappa shape index (κ2) is 7.32. The van der Waals surface area contributed by atoms with E-state index < -0.39 is 35.2 Å². The van der Waals surface area contributed by atoms with Crippen LogP contribution in [0.1, 0.15) is 12.5 Å². The van der Waals surface area contributed by atoms with Gasteiger partial charge in [0.1, 0.15) is 24.1 Å². The molecule has 0 spiro atoms. The van der Waals surface area contributed by atoms with Crippen molar-refractivity contribution in [2.24, 2.45) is 0 Å². The third-order valence-corrected chi connectivity index (χ3v) is 4.35. The fraction of sp³-hybridized carbons (Fsp3) is 0.263. The van der Waals surface area contributed by atoms with Crippen molar-refractivity contribution in [3.05, 3.63) is 65.7 Å². The van der Waals surface area contributed by atoms with Gasteiger partial charge in [0.2, 0.25) is 0 Å². The fourth-order valence-electron chi connectivity index (χ4n) is 2.92. The van der Waals surface area contributed by atoms with Crippen LogP contribution in [-0.2, 0) is 10.3 Å². The average Bonchev–Trinajstić information content (AvgIpc) is 2.85. The normalized spacial score (nSPS) is 20.5. The van der Waals surface area contributed by atoms with Crippen LogP contribution in [0.5, 0.6) is 5.75 Å². The minimum Gasteiger partial charge on any atom is -0.488 e. The lowest BCUT2D eigenvalue weighted by molar-refractivity contribution is -0.132. The zero-order valence-electron chi connectivity index (χ0n) is 14.5. The minimum absolute atomic E-state index is 0.0305. The molecule has 1 aliphatic heterocycles. The maximum Gasteiger partial charge on any atom is 0.325 e. The minimum atomic E-state index is -1.57. The quantitative estimate of drug-likeness (QED) is 0.758. The van der Waals surface area contributed by atoms with E-state index in [9.17, 15) is 23.5 Å². The van der Waals surface area contributed by atoms with Gasteiger partial charge in [-0.1, -0.05) is 30.3 Å². The number of rotatable bonds is 6. The van der Waals surface area contributed by atoms with Gasteiger partial charge in [-0.3, -0.25) is 9.69 Å². The molecule has 0 aromatic heterocycles. The van der Waals surface area contributed by atoms with E-state index in [0.717, 1.165) is 4.90 Å². The Hall–Kier alpha value is -3.00. The maximum atomic E-state index is 14.1. The third kappa shape index (κ3) is 3.61. The van der Waals surface area contributed by atoms with Gasteiger partial charge in [-0.25, -0.2) is 13.6 Å². The van der Waals surface area contributed by atoms with Crippen molar-refractivity contribution in [2.45, 2.75) is 18.6 Å². The number of aliphatic hydroxyl groups is 1. The Labute approximate surface area is 154 Å². The van der Waals surface area contributed by atoms with E-state index in [2.05, 4.69) is 5.32 Å². The first-order chi connectivity index (χ1) is 12.8. The van der Waals surface area contributed by atoms with Gasteiger partial charge < -0.3 is 15.2 Å². The van der Waals surface area contributed by atoms with Crippen LogP contribution in [0.25, 0.3) is 0 Å². The smallest absolute Gasteiger partial charge is 0.325 e. The summed E-state index contributed by atoms with van der Waals surface area (Å²) in [5, 5.41) is 12.6. The first-order valence-electron chi connectivity index (χ1n) is 8.27. The lowest BCUT2D eigenvalue weighted by Crippen LogP contribution is -2.43. The van der Waals surface area contributed by atoms with Gasteiger partial charge in [0.25, 0.3) is 5.91 Å². The number of amides is 3. The number of hydrogen-bond donors (Lipinski definition) is 2. The molecular formula is C19H18F2N2O4. The summed E-state index contributed by atoms with van der Waals surface area (Å²) in [5.74, 6) is -1.96. The topological polar surface area (TPSA) is 78.9 Å². The summed E-state index contributed by atoms with van der Waals surface area (Å²) in [7, 11) is 0. The van der Waals surface area contributed by atoms with E-state index in [1.54, 1.807) is 12.1 Å². The Balaban J connectivity index is 1.69. The lowest BCUT2D eigenvalue weighted by Gasteiger charge is -2.23. The molecule has 6 nitrogen and oxygen atoms in total. The van der Waals surface area contributed by atoms with Crippen molar-refractivity contribution in [1.29, 1.82) is 0 Å². The van der Waals surface area contributed by atoms with Crippen LogP contribution >= 0.6 is 0 Å². The summed E-state index contributed by atoms with van der Waals surface area (Å²) in [4.78, 5) is 25.7. The van der Waals surface area contributed by atoms with Crippen LogP contribution in [0.15, 0.2) is 48.5 Å².